The van der Waals surface area contributed by atoms with Gasteiger partial charge in [-0.2, -0.15) is 5.10 Å². The molecule has 0 unspecified atom stereocenters. The zero-order valence-corrected chi connectivity index (χ0v) is 14.4. The Balaban J connectivity index is 1.46. The Hall–Kier alpha value is -4.01. The van der Waals surface area contributed by atoms with Gasteiger partial charge in [0.05, 0.1) is 11.8 Å². The molecular weight excluding hydrogens is 365 g/mol. The van der Waals surface area contributed by atoms with Crippen molar-refractivity contribution in [2.24, 2.45) is 0 Å². The molecule has 3 heterocycles. The number of hydrogen-bond acceptors (Lipinski definition) is 5. The molecule has 0 atom stereocenters. The van der Waals surface area contributed by atoms with Crippen LogP contribution in [0.25, 0.3) is 5.65 Å². The molecule has 0 fully saturated rings. The van der Waals surface area contributed by atoms with Crippen molar-refractivity contribution < 1.29 is 13.9 Å². The number of carbonyl (C=O) groups is 1. The molecule has 3 aromatic heterocycles. The Labute approximate surface area is 157 Å². The number of aromatic amines is 1. The highest BCUT2D eigenvalue weighted by Crippen LogP contribution is 2.24. The molecule has 0 aliphatic heterocycles. The number of halogens is 1. The number of fused-ring (bicyclic) bond motifs is 1. The lowest BCUT2D eigenvalue weighted by atomic mass is 10.2. The molecule has 2 N–H and O–H groups in total. The smallest absolute Gasteiger partial charge is 0.347 e. The number of ether oxygens (including phenoxy) is 1. The summed E-state index contributed by atoms with van der Waals surface area (Å²) in [4.78, 5) is 27.9. The van der Waals surface area contributed by atoms with Crippen LogP contribution in [0, 0.1) is 5.82 Å². The fraction of sp³-hybridized carbons (Fsp3) is 0.0526. The van der Waals surface area contributed by atoms with Gasteiger partial charge in [0.2, 0.25) is 0 Å². The first-order valence-electron chi connectivity index (χ1n) is 8.32. The summed E-state index contributed by atoms with van der Waals surface area (Å²) in [5.41, 5.74) is 0.570. The SMILES string of the molecule is O=C(NCc1ccc(Oc2cccnc2)c(F)c1)c1cccn2c(=O)[nH]nc12. The van der Waals surface area contributed by atoms with Crippen molar-refractivity contribution in [2.45, 2.75) is 6.54 Å². The van der Waals surface area contributed by atoms with Crippen LogP contribution < -0.4 is 15.7 Å². The molecule has 0 saturated heterocycles. The Kier molecular flexibility index (Phi) is 4.55. The maximum atomic E-state index is 14.3. The minimum Gasteiger partial charge on any atom is -0.453 e. The summed E-state index contributed by atoms with van der Waals surface area (Å²) in [6, 6.07) is 10.9. The summed E-state index contributed by atoms with van der Waals surface area (Å²) in [5.74, 6) is -0.509. The van der Waals surface area contributed by atoms with E-state index >= 15 is 0 Å². The predicted molar refractivity (Wildman–Crippen MR) is 97.7 cm³/mol. The predicted octanol–water partition coefficient (Wildman–Crippen LogP) is 2.28. The molecule has 0 saturated carbocycles. The van der Waals surface area contributed by atoms with Crippen molar-refractivity contribution in [1.29, 1.82) is 0 Å². The minimum absolute atomic E-state index is 0.0590. The summed E-state index contributed by atoms with van der Waals surface area (Å²) < 4.78 is 21.0. The fourth-order valence-electron chi connectivity index (χ4n) is 2.66. The van der Waals surface area contributed by atoms with E-state index < -0.39 is 17.4 Å². The second kappa shape index (κ2) is 7.31. The van der Waals surface area contributed by atoms with Crippen LogP contribution >= 0.6 is 0 Å². The van der Waals surface area contributed by atoms with Crippen LogP contribution in [0.4, 0.5) is 4.39 Å². The van der Waals surface area contributed by atoms with E-state index in [9.17, 15) is 14.0 Å². The second-order valence-corrected chi connectivity index (χ2v) is 5.88. The molecule has 1 aromatic carbocycles. The van der Waals surface area contributed by atoms with Crippen LogP contribution in [0.5, 0.6) is 11.5 Å². The Bertz CT molecular complexity index is 1200. The number of amides is 1. The number of rotatable bonds is 5. The van der Waals surface area contributed by atoms with E-state index in [4.69, 9.17) is 4.74 Å². The van der Waals surface area contributed by atoms with Gasteiger partial charge in [-0.1, -0.05) is 6.07 Å². The van der Waals surface area contributed by atoms with E-state index in [1.807, 2.05) is 0 Å². The first-order chi connectivity index (χ1) is 13.6. The van der Waals surface area contributed by atoms with Gasteiger partial charge in [0.1, 0.15) is 5.75 Å². The van der Waals surface area contributed by atoms with Crippen LogP contribution in [0.3, 0.4) is 0 Å². The van der Waals surface area contributed by atoms with Crippen molar-refractivity contribution >= 4 is 11.6 Å². The van der Waals surface area contributed by atoms with Gasteiger partial charge in [-0.3, -0.25) is 9.78 Å². The normalized spacial score (nSPS) is 10.8. The summed E-state index contributed by atoms with van der Waals surface area (Å²) >= 11 is 0. The first-order valence-corrected chi connectivity index (χ1v) is 8.32. The lowest BCUT2D eigenvalue weighted by Crippen LogP contribution is -2.24. The summed E-state index contributed by atoms with van der Waals surface area (Å²) in [7, 11) is 0. The average molecular weight is 379 g/mol. The second-order valence-electron chi connectivity index (χ2n) is 5.88. The number of nitrogens with one attached hydrogen (secondary N) is 2. The molecule has 140 valence electrons. The third kappa shape index (κ3) is 3.45. The van der Waals surface area contributed by atoms with E-state index in [2.05, 4.69) is 20.5 Å². The van der Waals surface area contributed by atoms with Gasteiger partial charge in [-0.05, 0) is 42.0 Å². The molecule has 0 aliphatic rings. The molecule has 0 radical (unpaired) electrons. The monoisotopic (exact) mass is 379 g/mol. The van der Waals surface area contributed by atoms with Crippen LogP contribution in [0.2, 0.25) is 0 Å². The van der Waals surface area contributed by atoms with Crippen LogP contribution in [-0.4, -0.2) is 25.5 Å². The maximum Gasteiger partial charge on any atom is 0.347 e. The molecule has 1 amide bonds. The first kappa shape index (κ1) is 17.4. The number of pyridine rings is 2. The van der Waals surface area contributed by atoms with Crippen LogP contribution in [0.1, 0.15) is 15.9 Å². The van der Waals surface area contributed by atoms with Crippen molar-refractivity contribution in [2.75, 3.05) is 0 Å². The number of benzene rings is 1. The van der Waals surface area contributed by atoms with Gasteiger partial charge in [-0.15, -0.1) is 0 Å². The molecule has 28 heavy (non-hydrogen) atoms. The molecule has 4 aromatic rings. The summed E-state index contributed by atoms with van der Waals surface area (Å²) in [5, 5.41) is 8.82. The molecule has 9 heteroatoms. The number of carbonyl (C=O) groups excluding carboxylic acids is 1. The van der Waals surface area contributed by atoms with E-state index in [1.165, 1.54) is 28.9 Å². The van der Waals surface area contributed by atoms with Crippen molar-refractivity contribution in [3.05, 3.63) is 88.5 Å². The third-order valence-corrected chi connectivity index (χ3v) is 4.00. The van der Waals surface area contributed by atoms with Crippen LogP contribution in [-0.2, 0) is 6.54 Å². The van der Waals surface area contributed by atoms with Gasteiger partial charge in [0.15, 0.2) is 17.2 Å². The van der Waals surface area contributed by atoms with Gasteiger partial charge < -0.3 is 10.1 Å². The lowest BCUT2D eigenvalue weighted by molar-refractivity contribution is 0.0952. The molecule has 4 rings (SSSR count). The number of H-pyrrole nitrogens is 1. The van der Waals surface area contributed by atoms with Gasteiger partial charge in [0.25, 0.3) is 5.91 Å². The average Bonchev–Trinajstić information content (AvgIpc) is 3.10. The quantitative estimate of drug-likeness (QED) is 0.554. The zero-order chi connectivity index (χ0) is 19.5. The van der Waals surface area contributed by atoms with Crippen molar-refractivity contribution in [3.63, 3.8) is 0 Å². The van der Waals surface area contributed by atoms with Crippen molar-refractivity contribution in [1.82, 2.24) is 24.9 Å². The van der Waals surface area contributed by atoms with E-state index in [1.54, 1.807) is 36.5 Å². The van der Waals surface area contributed by atoms with Crippen molar-refractivity contribution in [3.8, 4) is 11.5 Å². The third-order valence-electron chi connectivity index (χ3n) is 4.00. The fourth-order valence-corrected chi connectivity index (χ4v) is 2.66. The Morgan fingerprint density at radius 1 is 1.25 bits per heavy atom. The lowest BCUT2D eigenvalue weighted by Gasteiger charge is -2.09. The Morgan fingerprint density at radius 2 is 2.14 bits per heavy atom. The highest BCUT2D eigenvalue weighted by Gasteiger charge is 2.13. The van der Waals surface area contributed by atoms with E-state index in [0.717, 1.165) is 0 Å². The molecule has 0 aliphatic carbocycles. The van der Waals surface area contributed by atoms with Gasteiger partial charge in [0, 0.05) is 18.9 Å². The van der Waals surface area contributed by atoms with Gasteiger partial charge in [-0.25, -0.2) is 18.7 Å². The molecule has 0 spiro atoms. The largest absolute Gasteiger partial charge is 0.453 e. The van der Waals surface area contributed by atoms with E-state index in [0.29, 0.717) is 11.3 Å². The zero-order valence-electron chi connectivity index (χ0n) is 14.4. The highest BCUT2D eigenvalue weighted by atomic mass is 19.1. The van der Waals surface area contributed by atoms with E-state index in [-0.39, 0.29) is 23.5 Å². The molecule has 0 bridgehead atoms. The minimum atomic E-state index is -0.559. The number of hydrogen-bond donors (Lipinski definition) is 2. The summed E-state index contributed by atoms with van der Waals surface area (Å²) in [6.45, 7) is 0.0959. The number of nitrogens with zero attached hydrogens (tertiary/aromatic N) is 3. The highest BCUT2D eigenvalue weighted by molar-refractivity contribution is 5.99. The Morgan fingerprint density at radius 3 is 2.93 bits per heavy atom. The maximum absolute atomic E-state index is 14.3. The summed E-state index contributed by atoms with van der Waals surface area (Å²) in [6.07, 6.45) is 4.58. The topological polar surface area (TPSA) is 101 Å². The standard InChI is InChI=1S/C19H14FN5O3/c20-15-9-12(5-6-16(15)28-13-3-1-7-21-11-13)10-22-18(26)14-4-2-8-25-17(14)23-24-19(25)27/h1-9,11H,10H2,(H,22,26)(H,24,27). The molecular formula is C19H14FN5O3. The molecule has 8 nitrogen and oxygen atoms in total. The van der Waals surface area contributed by atoms with Crippen LogP contribution in [0.15, 0.2) is 65.8 Å². The van der Waals surface area contributed by atoms with Gasteiger partial charge >= 0.3 is 5.69 Å². The number of aromatic nitrogens is 4.